The van der Waals surface area contributed by atoms with Crippen molar-refractivity contribution in [2.75, 3.05) is 16.8 Å². The van der Waals surface area contributed by atoms with E-state index in [0.29, 0.717) is 17.2 Å². The number of hydrogen-bond acceptors (Lipinski definition) is 5. The second kappa shape index (κ2) is 5.27. The Bertz CT molecular complexity index is 963. The molecule has 0 radical (unpaired) electrons. The molecule has 2 fully saturated rings. The van der Waals surface area contributed by atoms with E-state index in [1.165, 1.54) is 25.3 Å². The van der Waals surface area contributed by atoms with Gasteiger partial charge in [0.25, 0.3) is 0 Å². The van der Waals surface area contributed by atoms with Gasteiger partial charge in [-0.3, -0.25) is 4.79 Å². The Hall–Kier alpha value is -2.50. The predicted octanol–water partition coefficient (Wildman–Crippen LogP) is 3.84. The first kappa shape index (κ1) is 16.7. The minimum atomic E-state index is -0.107. The maximum absolute atomic E-state index is 11.5. The number of hydrogen-bond donors (Lipinski definition) is 1. The van der Waals surface area contributed by atoms with Gasteiger partial charge in [-0.2, -0.15) is 0 Å². The number of fused-ring (bicyclic) bond motifs is 2. The van der Waals surface area contributed by atoms with Gasteiger partial charge in [0, 0.05) is 54.4 Å². The molecule has 6 nitrogen and oxygen atoms in total. The minimum Gasteiger partial charge on any atom is -0.325 e. The van der Waals surface area contributed by atoms with E-state index in [9.17, 15) is 4.79 Å². The molecule has 1 aliphatic heterocycles. The SMILES string of the molecule is CC(=O)Nc1cc2c(cn1)C1(CC1)CN2c1cc(C)nc(C2CC2(C)C)n1. The minimum absolute atomic E-state index is 0.107. The molecule has 1 amide bonds. The molecule has 2 aromatic heterocycles. The lowest BCUT2D eigenvalue weighted by Crippen LogP contribution is -2.21. The highest BCUT2D eigenvalue weighted by Crippen LogP contribution is 2.59. The highest BCUT2D eigenvalue weighted by Gasteiger charge is 2.53. The number of nitrogens with one attached hydrogen (secondary N) is 1. The number of aryl methyl sites for hydroxylation is 1. The van der Waals surface area contributed by atoms with Gasteiger partial charge in [0.2, 0.25) is 5.91 Å². The summed E-state index contributed by atoms with van der Waals surface area (Å²) in [7, 11) is 0. The molecule has 3 aliphatic rings. The second-order valence-corrected chi connectivity index (χ2v) is 9.11. The van der Waals surface area contributed by atoms with Gasteiger partial charge >= 0.3 is 0 Å². The smallest absolute Gasteiger partial charge is 0.222 e. The summed E-state index contributed by atoms with van der Waals surface area (Å²) in [6, 6.07) is 4.06. The van der Waals surface area contributed by atoms with E-state index in [1.807, 2.05) is 19.2 Å². The Morgan fingerprint density at radius 1 is 1.26 bits per heavy atom. The topological polar surface area (TPSA) is 71.0 Å². The van der Waals surface area contributed by atoms with Crippen LogP contribution in [0.3, 0.4) is 0 Å². The first-order valence-corrected chi connectivity index (χ1v) is 9.69. The summed E-state index contributed by atoms with van der Waals surface area (Å²) >= 11 is 0. The zero-order chi connectivity index (χ0) is 19.0. The average molecular weight is 363 g/mol. The Morgan fingerprint density at radius 3 is 2.63 bits per heavy atom. The molecule has 6 heteroatoms. The first-order chi connectivity index (χ1) is 12.8. The number of amides is 1. The van der Waals surface area contributed by atoms with Crippen molar-refractivity contribution in [3.8, 4) is 0 Å². The molecule has 2 saturated carbocycles. The molecule has 1 atom stereocenters. The zero-order valence-electron chi connectivity index (χ0n) is 16.3. The van der Waals surface area contributed by atoms with Gasteiger partial charge < -0.3 is 10.2 Å². The van der Waals surface area contributed by atoms with E-state index in [4.69, 9.17) is 9.97 Å². The summed E-state index contributed by atoms with van der Waals surface area (Å²) in [5.74, 6) is 2.86. The molecule has 27 heavy (non-hydrogen) atoms. The summed E-state index contributed by atoms with van der Waals surface area (Å²) in [6.07, 6.45) is 5.45. The summed E-state index contributed by atoms with van der Waals surface area (Å²) in [5, 5.41) is 2.81. The van der Waals surface area contributed by atoms with Crippen LogP contribution >= 0.6 is 0 Å². The highest BCUT2D eigenvalue weighted by molar-refractivity contribution is 5.89. The standard InChI is InChI=1S/C21H25N5O/c1-12-7-18(25-19(23-12)14-9-20(14,3)4)26-11-21(5-6-21)15-10-22-17(8-16(15)26)24-13(2)27/h7-8,10,14H,5-6,9,11H2,1-4H3,(H,22,24,27). The molecular formula is C21H25N5O. The zero-order valence-corrected chi connectivity index (χ0v) is 16.3. The summed E-state index contributed by atoms with van der Waals surface area (Å²) in [6.45, 7) is 9.03. The number of aromatic nitrogens is 3. The van der Waals surface area contributed by atoms with Crippen molar-refractivity contribution in [3.05, 3.63) is 35.4 Å². The Labute approximate surface area is 159 Å². The molecule has 1 N–H and O–H groups in total. The number of carbonyl (C=O) groups is 1. The van der Waals surface area contributed by atoms with Crippen LogP contribution in [0.4, 0.5) is 17.3 Å². The van der Waals surface area contributed by atoms with E-state index in [-0.39, 0.29) is 11.3 Å². The van der Waals surface area contributed by atoms with Gasteiger partial charge in [0.05, 0.1) is 5.69 Å². The van der Waals surface area contributed by atoms with Crippen LogP contribution in [-0.4, -0.2) is 27.4 Å². The summed E-state index contributed by atoms with van der Waals surface area (Å²) < 4.78 is 0. The van der Waals surface area contributed by atoms with Crippen molar-refractivity contribution in [3.63, 3.8) is 0 Å². The van der Waals surface area contributed by atoms with Crippen LogP contribution in [0.15, 0.2) is 18.3 Å². The van der Waals surface area contributed by atoms with E-state index < -0.39 is 0 Å². The lowest BCUT2D eigenvalue weighted by atomic mass is 10.0. The molecule has 0 aromatic carbocycles. The fourth-order valence-electron chi connectivity index (χ4n) is 4.36. The fourth-order valence-corrected chi connectivity index (χ4v) is 4.36. The lowest BCUT2D eigenvalue weighted by Gasteiger charge is -2.20. The third kappa shape index (κ3) is 2.69. The number of nitrogens with zero attached hydrogens (tertiary/aromatic N) is 4. The Morgan fingerprint density at radius 2 is 2.00 bits per heavy atom. The molecule has 2 aliphatic carbocycles. The van der Waals surface area contributed by atoms with Crippen LogP contribution in [-0.2, 0) is 10.2 Å². The predicted molar refractivity (Wildman–Crippen MR) is 104 cm³/mol. The van der Waals surface area contributed by atoms with Crippen molar-refractivity contribution in [2.24, 2.45) is 5.41 Å². The molecule has 0 saturated heterocycles. The van der Waals surface area contributed by atoms with Crippen molar-refractivity contribution >= 4 is 23.2 Å². The molecule has 5 rings (SSSR count). The molecule has 140 valence electrons. The van der Waals surface area contributed by atoms with Crippen LogP contribution in [0.2, 0.25) is 0 Å². The van der Waals surface area contributed by atoms with Crippen molar-refractivity contribution in [1.29, 1.82) is 0 Å². The third-order valence-corrected chi connectivity index (χ3v) is 6.32. The van der Waals surface area contributed by atoms with Crippen molar-refractivity contribution in [1.82, 2.24) is 15.0 Å². The van der Waals surface area contributed by atoms with Gasteiger partial charge in [-0.1, -0.05) is 13.8 Å². The first-order valence-electron chi connectivity index (χ1n) is 9.69. The van der Waals surface area contributed by atoms with Gasteiger partial charge in [0.1, 0.15) is 17.5 Å². The number of carbonyl (C=O) groups excluding carboxylic acids is 1. The number of pyridine rings is 1. The highest BCUT2D eigenvalue weighted by atomic mass is 16.1. The quantitative estimate of drug-likeness (QED) is 0.897. The fraction of sp³-hybridized carbons (Fsp3) is 0.524. The molecule has 0 bridgehead atoms. The molecule has 1 spiro atoms. The van der Waals surface area contributed by atoms with Gasteiger partial charge in [-0.05, 0) is 31.6 Å². The maximum Gasteiger partial charge on any atom is 0.222 e. The molecular weight excluding hydrogens is 338 g/mol. The van der Waals surface area contributed by atoms with E-state index in [0.717, 1.165) is 36.0 Å². The maximum atomic E-state index is 11.5. The van der Waals surface area contributed by atoms with Crippen molar-refractivity contribution < 1.29 is 4.79 Å². The summed E-state index contributed by atoms with van der Waals surface area (Å²) in [4.78, 5) is 27.9. The molecule has 3 heterocycles. The van der Waals surface area contributed by atoms with E-state index in [1.54, 1.807) is 0 Å². The van der Waals surface area contributed by atoms with Gasteiger partial charge in [0.15, 0.2) is 0 Å². The largest absolute Gasteiger partial charge is 0.325 e. The Balaban J connectivity index is 1.56. The van der Waals surface area contributed by atoms with E-state index in [2.05, 4.69) is 35.1 Å². The molecule has 1 unspecified atom stereocenters. The number of anilines is 3. The van der Waals surface area contributed by atoms with Crippen LogP contribution in [0.5, 0.6) is 0 Å². The molecule has 2 aromatic rings. The van der Waals surface area contributed by atoms with Crippen LogP contribution in [0.1, 0.15) is 63.0 Å². The summed E-state index contributed by atoms with van der Waals surface area (Å²) in [5.41, 5.74) is 3.90. The van der Waals surface area contributed by atoms with Gasteiger partial charge in [-0.25, -0.2) is 15.0 Å². The van der Waals surface area contributed by atoms with Crippen LogP contribution in [0, 0.1) is 12.3 Å². The lowest BCUT2D eigenvalue weighted by molar-refractivity contribution is -0.114. The third-order valence-electron chi connectivity index (χ3n) is 6.32. The van der Waals surface area contributed by atoms with Crippen LogP contribution in [0.25, 0.3) is 0 Å². The van der Waals surface area contributed by atoms with E-state index >= 15 is 0 Å². The van der Waals surface area contributed by atoms with Crippen molar-refractivity contribution in [2.45, 2.75) is 58.3 Å². The average Bonchev–Trinajstić information content (AvgIpc) is 3.45. The van der Waals surface area contributed by atoms with Crippen LogP contribution < -0.4 is 10.2 Å². The Kier molecular flexibility index (Phi) is 3.25. The second-order valence-electron chi connectivity index (χ2n) is 9.11. The monoisotopic (exact) mass is 363 g/mol. The number of rotatable bonds is 3. The van der Waals surface area contributed by atoms with Gasteiger partial charge in [-0.15, -0.1) is 0 Å². The normalized spacial score (nSPS) is 23.3.